The average Bonchev–Trinajstić information content (AvgIpc) is 4.25. The number of benzene rings is 6. The Kier molecular flexibility index (Phi) is 11.9. The molecule has 0 unspecified atom stereocenters. The first kappa shape index (κ1) is 42.5. The van der Waals surface area contributed by atoms with Crippen molar-refractivity contribution in [1.82, 2.24) is 0 Å². The van der Waals surface area contributed by atoms with Crippen molar-refractivity contribution >= 4 is 102 Å². The van der Waals surface area contributed by atoms with E-state index in [1.54, 1.807) is 45.3 Å². The smallest absolute Gasteiger partial charge is 0.0462 e. The van der Waals surface area contributed by atoms with Crippen LogP contribution < -0.4 is 9.80 Å². The van der Waals surface area contributed by atoms with Crippen molar-refractivity contribution < 1.29 is 0 Å². The maximum Gasteiger partial charge on any atom is 0.0462 e. The minimum absolute atomic E-state index is 1.12. The first-order valence-electron chi connectivity index (χ1n) is 22.2. The lowest BCUT2D eigenvalue weighted by Crippen LogP contribution is -2.09. The summed E-state index contributed by atoms with van der Waals surface area (Å²) in [6.07, 6.45) is 0. The van der Waals surface area contributed by atoms with Crippen LogP contribution in [0.4, 0.5) is 34.1 Å². The lowest BCUT2D eigenvalue weighted by molar-refractivity contribution is 1.28. The van der Waals surface area contributed by atoms with Crippen LogP contribution in [0.25, 0.3) is 72.4 Å². The molecule has 2 nitrogen and oxygen atoms in total. The first-order valence-corrected chi connectivity index (χ1v) is 27.4. The molecule has 6 aromatic carbocycles. The van der Waals surface area contributed by atoms with Gasteiger partial charge in [-0.2, -0.15) is 0 Å². The molecule has 0 saturated heterocycles. The molecular weight excluding hydrogens is 941 g/mol. The van der Waals surface area contributed by atoms with Gasteiger partial charge in [0.2, 0.25) is 0 Å². The third-order valence-electron chi connectivity index (χ3n) is 12.0. The first-order chi connectivity index (χ1) is 33.7. The Hall–Kier alpha value is -6.88. The Labute approximate surface area is 420 Å². The number of hydrogen-bond donors (Lipinski definition) is 0. The zero-order chi connectivity index (χ0) is 45.2. The van der Waals surface area contributed by atoms with Crippen molar-refractivity contribution in [2.24, 2.45) is 0 Å². The van der Waals surface area contributed by atoms with Crippen molar-refractivity contribution in [3.8, 4) is 72.4 Å². The van der Waals surface area contributed by atoms with E-state index in [0.717, 1.165) is 34.1 Å². The Balaban J connectivity index is 0.789. The van der Waals surface area contributed by atoms with Crippen LogP contribution in [0.2, 0.25) is 0 Å². The lowest BCUT2D eigenvalue weighted by atomic mass is 10.1. The topological polar surface area (TPSA) is 6.48 Å². The van der Waals surface area contributed by atoms with Gasteiger partial charge in [-0.15, -0.1) is 68.0 Å². The molecule has 326 valence electrons. The van der Waals surface area contributed by atoms with Crippen LogP contribution >= 0.6 is 68.0 Å². The number of hydrogen-bond acceptors (Lipinski definition) is 8. The molecule has 12 aromatic rings. The Morgan fingerprint density at radius 2 is 0.397 bits per heavy atom. The fourth-order valence-electron chi connectivity index (χ4n) is 8.57. The molecule has 0 saturated carbocycles. The summed E-state index contributed by atoms with van der Waals surface area (Å²) in [4.78, 5) is 14.9. The van der Waals surface area contributed by atoms with Gasteiger partial charge in [0, 0.05) is 73.1 Å². The summed E-state index contributed by atoms with van der Waals surface area (Å²) in [6.45, 7) is 0. The van der Waals surface area contributed by atoms with Crippen LogP contribution in [-0.4, -0.2) is 0 Å². The third-order valence-corrected chi connectivity index (χ3v) is 18.1. The zero-order valence-electron chi connectivity index (χ0n) is 36.4. The van der Waals surface area contributed by atoms with E-state index >= 15 is 0 Å². The normalized spacial score (nSPS) is 11.2. The summed E-state index contributed by atoms with van der Waals surface area (Å²) in [5, 5.41) is 8.54. The number of anilines is 6. The predicted molar refractivity (Wildman–Crippen MR) is 301 cm³/mol. The van der Waals surface area contributed by atoms with Crippen LogP contribution in [0, 0.1) is 0 Å². The SMILES string of the molecule is c1csc(-c2ccc(N(c3ccc(-c4cccs4)cc3)c3ccc(-c4ccc(-c5ccc(-c6ccc(N(c7ccc(-c8cccs8)cc7)c7ccc(-c8cccs8)cc7)cc6)s5)s4)cc3)cc2)c1. The third kappa shape index (κ3) is 8.74. The van der Waals surface area contributed by atoms with Crippen LogP contribution in [0.3, 0.4) is 0 Å². The molecular formula is C60H40N2S6. The van der Waals surface area contributed by atoms with E-state index in [-0.39, 0.29) is 0 Å². The molecule has 0 N–H and O–H groups in total. The standard InChI is InChI=1S/C60H40N2S6/c1-5-53(63-37-1)41-9-21-47(22-10-41)61(48-23-11-42(12-24-48)54-6-2-38-64-54)51-29-17-45(18-30-51)57-33-35-59(67-57)60-36-34-58(68-60)46-19-31-52(32-20-46)62(49-25-13-43(14-26-49)55-7-3-39-65-55)50-27-15-44(16-28-50)56-8-4-40-66-56/h1-40H. The molecule has 0 aliphatic heterocycles. The number of thiophene rings is 6. The van der Waals surface area contributed by atoms with E-state index < -0.39 is 0 Å². The second kappa shape index (κ2) is 19.0. The van der Waals surface area contributed by atoms with E-state index in [4.69, 9.17) is 0 Å². The van der Waals surface area contributed by atoms with Gasteiger partial charge < -0.3 is 9.80 Å². The molecule has 8 heteroatoms. The Morgan fingerprint density at radius 3 is 0.603 bits per heavy atom. The van der Waals surface area contributed by atoms with E-state index in [1.807, 2.05) is 22.7 Å². The van der Waals surface area contributed by atoms with Crippen LogP contribution in [-0.2, 0) is 0 Å². The zero-order valence-corrected chi connectivity index (χ0v) is 41.3. The van der Waals surface area contributed by atoms with Crippen LogP contribution in [0.15, 0.2) is 240 Å². The van der Waals surface area contributed by atoms with Crippen molar-refractivity contribution in [2.75, 3.05) is 9.80 Å². The van der Waals surface area contributed by atoms with Crippen molar-refractivity contribution in [1.29, 1.82) is 0 Å². The maximum atomic E-state index is 2.35. The van der Waals surface area contributed by atoms with Crippen LogP contribution in [0.5, 0.6) is 0 Å². The molecule has 0 amide bonds. The molecule has 6 aromatic heterocycles. The minimum Gasteiger partial charge on any atom is -0.311 e. The average molecular weight is 981 g/mol. The van der Waals surface area contributed by atoms with Gasteiger partial charge in [0.25, 0.3) is 0 Å². The molecule has 0 bridgehead atoms. The van der Waals surface area contributed by atoms with Gasteiger partial charge >= 0.3 is 0 Å². The summed E-state index contributed by atoms with van der Waals surface area (Å²) in [6, 6.07) is 80.0. The molecule has 0 aliphatic carbocycles. The van der Waals surface area contributed by atoms with Gasteiger partial charge in [0.1, 0.15) is 0 Å². The fraction of sp³-hybridized carbons (Fsp3) is 0. The maximum absolute atomic E-state index is 2.35. The highest BCUT2D eigenvalue weighted by Crippen LogP contribution is 2.44. The van der Waals surface area contributed by atoms with Gasteiger partial charge in [0.05, 0.1) is 0 Å². The molecule has 0 aliphatic rings. The van der Waals surface area contributed by atoms with Crippen molar-refractivity contribution in [3.63, 3.8) is 0 Å². The number of nitrogens with zero attached hydrogens (tertiary/aromatic N) is 2. The van der Waals surface area contributed by atoms with Crippen molar-refractivity contribution in [2.45, 2.75) is 0 Å². The molecule has 0 spiro atoms. The highest BCUT2D eigenvalue weighted by atomic mass is 32.1. The quantitative estimate of drug-likeness (QED) is 0.114. The molecule has 68 heavy (non-hydrogen) atoms. The summed E-state index contributed by atoms with van der Waals surface area (Å²) >= 11 is 10.8. The number of rotatable bonds is 13. The summed E-state index contributed by atoms with van der Waals surface area (Å²) in [5.41, 5.74) is 14.1. The van der Waals surface area contributed by atoms with Gasteiger partial charge in [0.15, 0.2) is 0 Å². The van der Waals surface area contributed by atoms with E-state index in [0.29, 0.717) is 0 Å². The van der Waals surface area contributed by atoms with E-state index in [2.05, 4.69) is 250 Å². The van der Waals surface area contributed by atoms with Crippen molar-refractivity contribution in [3.05, 3.63) is 240 Å². The summed E-state index contributed by atoms with van der Waals surface area (Å²) in [7, 11) is 0. The highest BCUT2D eigenvalue weighted by molar-refractivity contribution is 7.25. The minimum atomic E-state index is 1.12. The van der Waals surface area contributed by atoms with Gasteiger partial charge in [-0.1, -0.05) is 97.1 Å². The van der Waals surface area contributed by atoms with E-state index in [9.17, 15) is 0 Å². The summed E-state index contributed by atoms with van der Waals surface area (Å²) < 4.78 is 0. The molecule has 0 atom stereocenters. The molecule has 6 heterocycles. The Bertz CT molecular complexity index is 3100. The second-order valence-corrected chi connectivity index (χ2v) is 22.1. The van der Waals surface area contributed by atoms with Crippen LogP contribution in [0.1, 0.15) is 0 Å². The lowest BCUT2D eigenvalue weighted by Gasteiger charge is -2.26. The predicted octanol–water partition coefficient (Wildman–Crippen LogP) is 20.7. The highest BCUT2D eigenvalue weighted by Gasteiger charge is 2.17. The van der Waals surface area contributed by atoms with Gasteiger partial charge in [-0.05, 0) is 176 Å². The van der Waals surface area contributed by atoms with Gasteiger partial charge in [-0.25, -0.2) is 0 Å². The summed E-state index contributed by atoms with van der Waals surface area (Å²) in [5.74, 6) is 0. The van der Waals surface area contributed by atoms with Gasteiger partial charge in [-0.3, -0.25) is 0 Å². The largest absolute Gasteiger partial charge is 0.311 e. The molecule has 0 radical (unpaired) electrons. The molecule has 12 rings (SSSR count). The fourth-order valence-corrected chi connectivity index (χ4v) is 13.6. The monoisotopic (exact) mass is 980 g/mol. The Morgan fingerprint density at radius 1 is 0.191 bits per heavy atom. The van der Waals surface area contributed by atoms with E-state index in [1.165, 1.54) is 72.4 Å². The molecule has 0 fully saturated rings. The second-order valence-electron chi connectivity index (χ2n) is 16.2.